The van der Waals surface area contributed by atoms with Crippen LogP contribution in [0.4, 0.5) is 10.3 Å². The van der Waals surface area contributed by atoms with E-state index in [1.807, 2.05) is 18.7 Å². The van der Waals surface area contributed by atoms with Crippen LogP contribution in [0.15, 0.2) is 29.1 Å². The molecule has 3 heterocycles. The van der Waals surface area contributed by atoms with Crippen LogP contribution in [0.5, 0.6) is 0 Å². The maximum atomic E-state index is 13.9. The van der Waals surface area contributed by atoms with Crippen molar-refractivity contribution in [1.82, 2.24) is 14.9 Å². The van der Waals surface area contributed by atoms with Crippen LogP contribution in [0, 0.1) is 5.82 Å². The molecular formula is C21H25FN4O3. The summed E-state index contributed by atoms with van der Waals surface area (Å²) in [6.07, 6.45) is 0.519. The van der Waals surface area contributed by atoms with E-state index in [1.54, 1.807) is 23.1 Å². The second-order valence-electron chi connectivity index (χ2n) is 7.81. The van der Waals surface area contributed by atoms with E-state index in [9.17, 15) is 14.0 Å². The van der Waals surface area contributed by atoms with E-state index in [0.717, 1.165) is 0 Å². The second kappa shape index (κ2) is 7.94. The summed E-state index contributed by atoms with van der Waals surface area (Å²) in [6, 6.07) is 6.29. The predicted molar refractivity (Wildman–Crippen MR) is 106 cm³/mol. The van der Waals surface area contributed by atoms with Gasteiger partial charge in [-0.15, -0.1) is 0 Å². The Morgan fingerprint density at radius 2 is 2.00 bits per heavy atom. The molecule has 29 heavy (non-hydrogen) atoms. The molecular weight excluding hydrogens is 375 g/mol. The molecule has 0 bridgehead atoms. The number of carbonyl (C=O) groups excluding carboxylic acids is 1. The summed E-state index contributed by atoms with van der Waals surface area (Å²) in [4.78, 5) is 36.5. The van der Waals surface area contributed by atoms with E-state index in [-0.39, 0.29) is 42.5 Å². The molecule has 1 aromatic carbocycles. The van der Waals surface area contributed by atoms with Gasteiger partial charge in [0, 0.05) is 25.2 Å². The maximum absolute atomic E-state index is 13.9. The number of hydrogen-bond acceptors (Lipinski definition) is 5. The number of aromatic nitrogens is 2. The van der Waals surface area contributed by atoms with Gasteiger partial charge < -0.3 is 14.5 Å². The van der Waals surface area contributed by atoms with Crippen molar-refractivity contribution < 1.29 is 13.9 Å². The highest BCUT2D eigenvalue weighted by Gasteiger charge is 2.28. The predicted octanol–water partition coefficient (Wildman–Crippen LogP) is 1.65. The van der Waals surface area contributed by atoms with Gasteiger partial charge in [-0.25, -0.2) is 9.37 Å². The number of fused-ring (bicyclic) bond motifs is 1. The number of anilines is 1. The fourth-order valence-electron chi connectivity index (χ4n) is 4.06. The zero-order chi connectivity index (χ0) is 20.5. The van der Waals surface area contributed by atoms with Gasteiger partial charge in [-0.1, -0.05) is 18.2 Å². The zero-order valence-electron chi connectivity index (χ0n) is 16.7. The van der Waals surface area contributed by atoms with Crippen molar-refractivity contribution in [3.05, 3.63) is 57.3 Å². The van der Waals surface area contributed by atoms with Gasteiger partial charge in [-0.05, 0) is 31.9 Å². The van der Waals surface area contributed by atoms with E-state index < -0.39 is 0 Å². The first kappa shape index (κ1) is 19.6. The minimum absolute atomic E-state index is 0.00342. The molecule has 154 valence electrons. The zero-order valence-corrected chi connectivity index (χ0v) is 16.7. The van der Waals surface area contributed by atoms with Crippen molar-refractivity contribution in [2.75, 3.05) is 24.5 Å². The largest absolute Gasteiger partial charge is 0.372 e. The van der Waals surface area contributed by atoms with Crippen molar-refractivity contribution in [2.24, 2.45) is 0 Å². The van der Waals surface area contributed by atoms with Gasteiger partial charge >= 0.3 is 0 Å². The standard InChI is InChI=1S/C21H25FN4O3/c1-13-10-26(11-14(2)29-13)21-23-18-12-25(8-7-16(18)20(28)24-21)19(27)9-15-5-3-4-6-17(15)22/h3-6,13-14H,7-12H2,1-2H3,(H,23,24,28). The Hall–Kier alpha value is -2.74. The number of H-pyrrole nitrogens is 1. The Morgan fingerprint density at radius 1 is 1.28 bits per heavy atom. The van der Waals surface area contributed by atoms with E-state index in [2.05, 4.69) is 9.97 Å². The fourth-order valence-corrected chi connectivity index (χ4v) is 4.06. The number of morpholine rings is 1. The van der Waals surface area contributed by atoms with Crippen LogP contribution in [0.25, 0.3) is 0 Å². The van der Waals surface area contributed by atoms with Crippen molar-refractivity contribution in [1.29, 1.82) is 0 Å². The summed E-state index contributed by atoms with van der Waals surface area (Å²) in [6.45, 7) is 5.94. The SMILES string of the molecule is CC1CN(c2nc3c(c(=O)[nH]2)CCN(C(=O)Cc2ccccc2F)C3)CC(C)O1. The smallest absolute Gasteiger partial charge is 0.255 e. The highest BCUT2D eigenvalue weighted by Crippen LogP contribution is 2.20. The lowest BCUT2D eigenvalue weighted by atomic mass is 10.0. The van der Waals surface area contributed by atoms with Crippen LogP contribution < -0.4 is 10.5 Å². The lowest BCUT2D eigenvalue weighted by molar-refractivity contribution is -0.131. The van der Waals surface area contributed by atoms with E-state index in [4.69, 9.17) is 4.74 Å². The highest BCUT2D eigenvalue weighted by atomic mass is 19.1. The van der Waals surface area contributed by atoms with Crippen molar-refractivity contribution in [3.8, 4) is 0 Å². The number of ether oxygens (including phenoxy) is 1. The second-order valence-corrected chi connectivity index (χ2v) is 7.81. The van der Waals surface area contributed by atoms with Crippen molar-refractivity contribution in [3.63, 3.8) is 0 Å². The molecule has 0 saturated carbocycles. The van der Waals surface area contributed by atoms with Gasteiger partial charge in [0.05, 0.1) is 30.9 Å². The summed E-state index contributed by atoms with van der Waals surface area (Å²) in [7, 11) is 0. The first-order valence-corrected chi connectivity index (χ1v) is 9.94. The number of rotatable bonds is 3. The molecule has 2 aliphatic rings. The number of nitrogens with one attached hydrogen (secondary N) is 1. The van der Waals surface area contributed by atoms with Gasteiger partial charge in [-0.3, -0.25) is 14.6 Å². The van der Waals surface area contributed by atoms with Gasteiger partial charge in [0.1, 0.15) is 5.82 Å². The Labute approximate surface area is 168 Å². The number of carbonyl (C=O) groups is 1. The Balaban J connectivity index is 1.54. The molecule has 1 fully saturated rings. The van der Waals surface area contributed by atoms with E-state index in [0.29, 0.717) is 48.8 Å². The molecule has 2 unspecified atom stereocenters. The maximum Gasteiger partial charge on any atom is 0.255 e. The fraction of sp³-hybridized carbons (Fsp3) is 0.476. The van der Waals surface area contributed by atoms with Crippen LogP contribution in [-0.4, -0.2) is 52.6 Å². The third-order valence-corrected chi connectivity index (χ3v) is 5.43. The van der Waals surface area contributed by atoms with Gasteiger partial charge in [-0.2, -0.15) is 0 Å². The molecule has 2 atom stereocenters. The average molecular weight is 400 g/mol. The normalized spacial score (nSPS) is 21.8. The number of hydrogen-bond donors (Lipinski definition) is 1. The van der Waals surface area contributed by atoms with Crippen LogP contribution in [-0.2, 0) is 28.9 Å². The number of amides is 1. The van der Waals surface area contributed by atoms with E-state index >= 15 is 0 Å². The molecule has 0 aliphatic carbocycles. The lowest BCUT2D eigenvalue weighted by Gasteiger charge is -2.36. The van der Waals surface area contributed by atoms with Crippen LogP contribution in [0.1, 0.15) is 30.7 Å². The number of nitrogens with zero attached hydrogens (tertiary/aromatic N) is 3. The first-order valence-electron chi connectivity index (χ1n) is 9.94. The van der Waals surface area contributed by atoms with Crippen molar-refractivity contribution >= 4 is 11.9 Å². The monoisotopic (exact) mass is 400 g/mol. The highest BCUT2D eigenvalue weighted by molar-refractivity contribution is 5.79. The number of halogens is 1. The Kier molecular flexibility index (Phi) is 5.36. The first-order chi connectivity index (χ1) is 13.9. The molecule has 0 radical (unpaired) electrons. The molecule has 1 saturated heterocycles. The Morgan fingerprint density at radius 3 is 2.72 bits per heavy atom. The molecule has 8 heteroatoms. The summed E-state index contributed by atoms with van der Waals surface area (Å²) in [5, 5.41) is 0. The summed E-state index contributed by atoms with van der Waals surface area (Å²) in [5.41, 5.74) is 1.46. The minimum atomic E-state index is -0.384. The lowest BCUT2D eigenvalue weighted by Crippen LogP contribution is -2.47. The summed E-state index contributed by atoms with van der Waals surface area (Å²) in [5.74, 6) is -0.0391. The van der Waals surface area contributed by atoms with Crippen LogP contribution >= 0.6 is 0 Å². The van der Waals surface area contributed by atoms with Crippen LogP contribution in [0.3, 0.4) is 0 Å². The molecule has 4 rings (SSSR count). The van der Waals surface area contributed by atoms with Crippen molar-refractivity contribution in [2.45, 2.75) is 45.4 Å². The van der Waals surface area contributed by atoms with Gasteiger partial charge in [0.2, 0.25) is 11.9 Å². The topological polar surface area (TPSA) is 78.5 Å². The number of aromatic amines is 1. The Bertz CT molecular complexity index is 967. The quantitative estimate of drug-likeness (QED) is 0.848. The van der Waals surface area contributed by atoms with E-state index in [1.165, 1.54) is 6.07 Å². The molecule has 0 spiro atoms. The summed E-state index contributed by atoms with van der Waals surface area (Å²) >= 11 is 0. The molecule has 1 aromatic heterocycles. The number of benzene rings is 1. The summed E-state index contributed by atoms with van der Waals surface area (Å²) < 4.78 is 19.6. The minimum Gasteiger partial charge on any atom is -0.372 e. The molecule has 1 amide bonds. The molecule has 7 nitrogen and oxygen atoms in total. The molecule has 2 aliphatic heterocycles. The van der Waals surface area contributed by atoms with Crippen LogP contribution in [0.2, 0.25) is 0 Å². The third kappa shape index (κ3) is 4.17. The third-order valence-electron chi connectivity index (χ3n) is 5.43. The van der Waals surface area contributed by atoms with Gasteiger partial charge in [0.25, 0.3) is 5.56 Å². The molecule has 2 aromatic rings. The van der Waals surface area contributed by atoms with Gasteiger partial charge in [0.15, 0.2) is 0 Å². The molecule has 1 N–H and O–H groups in total. The average Bonchev–Trinajstić information content (AvgIpc) is 2.68.